The summed E-state index contributed by atoms with van der Waals surface area (Å²) in [4.78, 5) is 10.6. The maximum absolute atomic E-state index is 13.0. The molecule has 2 aromatic carbocycles. The van der Waals surface area contributed by atoms with Crippen molar-refractivity contribution in [3.05, 3.63) is 57.8 Å². The summed E-state index contributed by atoms with van der Waals surface area (Å²) >= 11 is 3.46. The Morgan fingerprint density at radius 3 is 2.52 bits per heavy atom. The standard InChI is InChI=1S/C18H19BrFNO4/c1-2-24-16-7-13(9-21-10-18(22)23)15(19)8-17(16)25-11-12-3-5-14(20)6-4-12/h3-8,21H,2,9-11H2,1H3,(H,22,23). The Morgan fingerprint density at radius 1 is 1.20 bits per heavy atom. The van der Waals surface area contributed by atoms with Crippen LogP contribution in [-0.2, 0) is 17.9 Å². The van der Waals surface area contributed by atoms with Gasteiger partial charge in [0.15, 0.2) is 11.5 Å². The van der Waals surface area contributed by atoms with E-state index in [1.165, 1.54) is 12.1 Å². The van der Waals surface area contributed by atoms with Gasteiger partial charge in [-0.2, -0.15) is 0 Å². The number of benzene rings is 2. The number of rotatable bonds is 9. The molecule has 134 valence electrons. The van der Waals surface area contributed by atoms with Gasteiger partial charge in [0, 0.05) is 11.0 Å². The minimum absolute atomic E-state index is 0.126. The average molecular weight is 412 g/mol. The second kappa shape index (κ2) is 9.39. The molecule has 7 heteroatoms. The van der Waals surface area contributed by atoms with Gasteiger partial charge >= 0.3 is 5.97 Å². The molecule has 0 aliphatic carbocycles. The molecule has 2 aromatic rings. The minimum Gasteiger partial charge on any atom is -0.490 e. The third-order valence-corrected chi connectivity index (χ3v) is 4.05. The number of hydrogen-bond donors (Lipinski definition) is 2. The summed E-state index contributed by atoms with van der Waals surface area (Å²) in [7, 11) is 0. The maximum atomic E-state index is 13.0. The van der Waals surface area contributed by atoms with Crippen LogP contribution in [0.5, 0.6) is 11.5 Å². The molecule has 0 bridgehead atoms. The zero-order chi connectivity index (χ0) is 18.2. The van der Waals surface area contributed by atoms with E-state index in [0.717, 1.165) is 15.6 Å². The summed E-state index contributed by atoms with van der Waals surface area (Å²) in [5.41, 5.74) is 1.70. The van der Waals surface area contributed by atoms with Gasteiger partial charge in [-0.25, -0.2) is 4.39 Å². The zero-order valence-electron chi connectivity index (χ0n) is 13.7. The fourth-order valence-electron chi connectivity index (χ4n) is 2.14. The number of aliphatic carboxylic acids is 1. The van der Waals surface area contributed by atoms with E-state index in [1.54, 1.807) is 18.2 Å². The molecule has 0 aliphatic heterocycles. The molecule has 0 saturated heterocycles. The Labute approximate surface area is 153 Å². The van der Waals surface area contributed by atoms with Gasteiger partial charge in [-0.3, -0.25) is 4.79 Å². The zero-order valence-corrected chi connectivity index (χ0v) is 15.3. The number of ether oxygens (including phenoxy) is 2. The first kappa shape index (κ1) is 19.2. The molecular formula is C18H19BrFNO4. The normalized spacial score (nSPS) is 10.5. The van der Waals surface area contributed by atoms with Crippen molar-refractivity contribution in [1.29, 1.82) is 0 Å². The summed E-state index contributed by atoms with van der Waals surface area (Å²) in [5.74, 6) is -0.0832. The van der Waals surface area contributed by atoms with E-state index in [4.69, 9.17) is 14.6 Å². The van der Waals surface area contributed by atoms with E-state index in [2.05, 4.69) is 21.2 Å². The van der Waals surface area contributed by atoms with Crippen molar-refractivity contribution in [2.45, 2.75) is 20.1 Å². The Balaban J connectivity index is 2.11. The lowest BCUT2D eigenvalue weighted by Gasteiger charge is -2.15. The van der Waals surface area contributed by atoms with Crippen LogP contribution < -0.4 is 14.8 Å². The molecule has 0 aliphatic rings. The first-order chi connectivity index (χ1) is 12.0. The maximum Gasteiger partial charge on any atom is 0.317 e. The van der Waals surface area contributed by atoms with E-state index in [1.807, 2.05) is 13.0 Å². The van der Waals surface area contributed by atoms with Crippen LogP contribution in [-0.4, -0.2) is 24.2 Å². The monoisotopic (exact) mass is 411 g/mol. The fraction of sp³-hybridized carbons (Fsp3) is 0.278. The summed E-state index contributed by atoms with van der Waals surface area (Å²) < 4.78 is 25.2. The summed E-state index contributed by atoms with van der Waals surface area (Å²) in [5, 5.41) is 11.5. The van der Waals surface area contributed by atoms with Crippen LogP contribution in [0.2, 0.25) is 0 Å². The van der Waals surface area contributed by atoms with Crippen LogP contribution in [0.4, 0.5) is 4.39 Å². The van der Waals surface area contributed by atoms with Gasteiger partial charge in [0.25, 0.3) is 0 Å². The predicted octanol–water partition coefficient (Wildman–Crippen LogP) is 3.74. The van der Waals surface area contributed by atoms with Crippen molar-refractivity contribution in [3.8, 4) is 11.5 Å². The highest BCUT2D eigenvalue weighted by atomic mass is 79.9. The summed E-state index contributed by atoms with van der Waals surface area (Å²) in [6.45, 7) is 2.87. The van der Waals surface area contributed by atoms with Crippen LogP contribution in [0, 0.1) is 5.82 Å². The van der Waals surface area contributed by atoms with Crippen LogP contribution in [0.15, 0.2) is 40.9 Å². The number of halogens is 2. The van der Waals surface area contributed by atoms with Crippen LogP contribution in [0.25, 0.3) is 0 Å². The first-order valence-corrected chi connectivity index (χ1v) is 8.54. The van der Waals surface area contributed by atoms with Crippen molar-refractivity contribution in [2.24, 2.45) is 0 Å². The largest absolute Gasteiger partial charge is 0.490 e. The lowest BCUT2D eigenvalue weighted by atomic mass is 10.2. The SMILES string of the molecule is CCOc1cc(CNCC(=O)O)c(Br)cc1OCc1ccc(F)cc1. The second-order valence-corrected chi connectivity index (χ2v) is 6.09. The quantitative estimate of drug-likeness (QED) is 0.657. The lowest BCUT2D eigenvalue weighted by molar-refractivity contribution is -0.135. The molecule has 0 radical (unpaired) electrons. The molecule has 0 spiro atoms. The van der Waals surface area contributed by atoms with Gasteiger partial charge in [0.1, 0.15) is 12.4 Å². The number of carboxylic acids is 1. The Bertz CT molecular complexity index is 722. The van der Waals surface area contributed by atoms with E-state index in [9.17, 15) is 9.18 Å². The minimum atomic E-state index is -0.916. The Hall–Kier alpha value is -2.12. The van der Waals surface area contributed by atoms with Crippen LogP contribution in [0.3, 0.4) is 0 Å². The third kappa shape index (κ3) is 6.03. The molecule has 2 N–H and O–H groups in total. The smallest absolute Gasteiger partial charge is 0.317 e. The van der Waals surface area contributed by atoms with E-state index in [-0.39, 0.29) is 19.0 Å². The van der Waals surface area contributed by atoms with Crippen molar-refractivity contribution in [1.82, 2.24) is 5.32 Å². The molecule has 0 heterocycles. The number of carboxylic acid groups (broad SMARTS) is 1. The molecule has 2 rings (SSSR count). The fourth-order valence-corrected chi connectivity index (χ4v) is 2.60. The van der Waals surface area contributed by atoms with Crippen molar-refractivity contribution in [3.63, 3.8) is 0 Å². The molecule has 0 unspecified atom stereocenters. The number of nitrogens with one attached hydrogen (secondary N) is 1. The summed E-state index contributed by atoms with van der Waals surface area (Å²) in [6, 6.07) is 9.68. The summed E-state index contributed by atoms with van der Waals surface area (Å²) in [6.07, 6.45) is 0. The third-order valence-electron chi connectivity index (χ3n) is 3.31. The highest BCUT2D eigenvalue weighted by Gasteiger charge is 2.12. The van der Waals surface area contributed by atoms with Gasteiger partial charge in [0.2, 0.25) is 0 Å². The Kier molecular flexibility index (Phi) is 7.21. The molecule has 0 atom stereocenters. The van der Waals surface area contributed by atoms with Gasteiger partial charge in [-0.05, 0) is 42.3 Å². The Morgan fingerprint density at radius 2 is 1.88 bits per heavy atom. The topological polar surface area (TPSA) is 67.8 Å². The van der Waals surface area contributed by atoms with E-state index in [0.29, 0.717) is 24.7 Å². The number of hydrogen-bond acceptors (Lipinski definition) is 4. The highest BCUT2D eigenvalue weighted by Crippen LogP contribution is 2.34. The lowest BCUT2D eigenvalue weighted by Crippen LogP contribution is -2.22. The van der Waals surface area contributed by atoms with Crippen molar-refractivity contribution >= 4 is 21.9 Å². The average Bonchev–Trinajstić information content (AvgIpc) is 2.57. The highest BCUT2D eigenvalue weighted by molar-refractivity contribution is 9.10. The molecule has 0 aromatic heterocycles. The second-order valence-electron chi connectivity index (χ2n) is 5.24. The van der Waals surface area contributed by atoms with E-state index >= 15 is 0 Å². The molecule has 0 saturated carbocycles. The van der Waals surface area contributed by atoms with Gasteiger partial charge in [-0.1, -0.05) is 28.1 Å². The molecule has 5 nitrogen and oxygen atoms in total. The molecule has 25 heavy (non-hydrogen) atoms. The van der Waals surface area contributed by atoms with Crippen LogP contribution in [0.1, 0.15) is 18.1 Å². The first-order valence-electron chi connectivity index (χ1n) is 7.74. The predicted molar refractivity (Wildman–Crippen MR) is 95.4 cm³/mol. The van der Waals surface area contributed by atoms with Gasteiger partial charge < -0.3 is 19.9 Å². The molecule has 0 amide bonds. The van der Waals surface area contributed by atoms with Gasteiger partial charge in [-0.15, -0.1) is 0 Å². The van der Waals surface area contributed by atoms with Crippen LogP contribution >= 0.6 is 15.9 Å². The molecular weight excluding hydrogens is 393 g/mol. The van der Waals surface area contributed by atoms with E-state index < -0.39 is 5.97 Å². The van der Waals surface area contributed by atoms with Crippen molar-refractivity contribution in [2.75, 3.05) is 13.2 Å². The van der Waals surface area contributed by atoms with Gasteiger partial charge in [0.05, 0.1) is 13.2 Å². The molecule has 0 fully saturated rings. The number of carbonyl (C=O) groups is 1. The van der Waals surface area contributed by atoms with Crippen molar-refractivity contribution < 1.29 is 23.8 Å².